The number of aromatic carboxylic acids is 1. The molecule has 1 aliphatic heterocycles. The fraction of sp³-hybridized carbons (Fsp3) is 0.478. The molecule has 2 heterocycles. The summed E-state index contributed by atoms with van der Waals surface area (Å²) in [5.41, 5.74) is 1.40. The summed E-state index contributed by atoms with van der Waals surface area (Å²) in [6.45, 7) is 3.32. The lowest BCUT2D eigenvalue weighted by Crippen LogP contribution is -2.36. The summed E-state index contributed by atoms with van der Waals surface area (Å²) >= 11 is 12.1. The minimum absolute atomic E-state index is 0.280. The summed E-state index contributed by atoms with van der Waals surface area (Å²) in [7, 11) is 0. The number of likely N-dealkylation sites (tertiary alicyclic amines) is 1. The number of nitrogens with zero attached hydrogens (tertiary/aromatic N) is 2. The van der Waals surface area contributed by atoms with Crippen LogP contribution in [-0.2, 0) is 6.42 Å². The Morgan fingerprint density at radius 2 is 1.94 bits per heavy atom. The molecule has 0 amide bonds. The third-order valence-electron chi connectivity index (χ3n) is 6.08. The lowest BCUT2D eigenvalue weighted by molar-refractivity contribution is 0.0691. The van der Waals surface area contributed by atoms with Gasteiger partial charge in [0.2, 0.25) is 0 Å². The van der Waals surface area contributed by atoms with Crippen molar-refractivity contribution in [2.24, 2.45) is 5.92 Å². The molecule has 2 aromatic rings. The first kappa shape index (κ1) is 22.3. The van der Waals surface area contributed by atoms with E-state index in [9.17, 15) is 14.3 Å². The van der Waals surface area contributed by atoms with Gasteiger partial charge in [-0.2, -0.15) is 0 Å². The van der Waals surface area contributed by atoms with E-state index in [1.807, 2.05) is 0 Å². The highest BCUT2D eigenvalue weighted by molar-refractivity contribution is 6.34. The van der Waals surface area contributed by atoms with Crippen molar-refractivity contribution >= 4 is 29.2 Å². The number of carbonyl (C=O) groups is 1. The number of halogens is 3. The lowest BCUT2D eigenvalue weighted by atomic mass is 9.97. The topological polar surface area (TPSA) is 62.7 Å². The Hall–Kier alpha value is -1.89. The second-order valence-corrected chi connectivity index (χ2v) is 9.22. The van der Waals surface area contributed by atoms with Crippen molar-refractivity contribution in [3.05, 3.63) is 57.1 Å². The summed E-state index contributed by atoms with van der Waals surface area (Å²) in [6, 6.07) is 4.41. The number of carboxylic acid groups (broad SMARTS) is 1. The minimum atomic E-state index is -1.24. The summed E-state index contributed by atoms with van der Waals surface area (Å²) in [5, 5.41) is 10.3. The third kappa shape index (κ3) is 5.68. The Bertz CT molecular complexity index is 960. The van der Waals surface area contributed by atoms with Crippen molar-refractivity contribution in [1.82, 2.24) is 9.88 Å². The molecule has 0 radical (unpaired) electrons. The first-order valence-corrected chi connectivity index (χ1v) is 11.4. The number of ether oxygens (including phenoxy) is 1. The van der Waals surface area contributed by atoms with Crippen molar-refractivity contribution < 1.29 is 19.0 Å². The maximum atomic E-state index is 14.2. The van der Waals surface area contributed by atoms with Crippen LogP contribution in [0.15, 0.2) is 24.4 Å². The van der Waals surface area contributed by atoms with Crippen molar-refractivity contribution in [2.75, 3.05) is 26.2 Å². The fourth-order valence-corrected chi connectivity index (χ4v) is 4.52. The van der Waals surface area contributed by atoms with E-state index in [1.54, 1.807) is 12.3 Å². The first-order chi connectivity index (χ1) is 14.9. The number of pyridine rings is 1. The van der Waals surface area contributed by atoms with Gasteiger partial charge in [0, 0.05) is 25.2 Å². The molecule has 4 rings (SSSR count). The van der Waals surface area contributed by atoms with Gasteiger partial charge >= 0.3 is 5.97 Å². The summed E-state index contributed by atoms with van der Waals surface area (Å²) in [5.74, 6) is -0.813. The molecular weight excluding hydrogens is 442 g/mol. The highest BCUT2D eigenvalue weighted by Gasteiger charge is 2.30. The molecule has 0 bridgehead atoms. The van der Waals surface area contributed by atoms with E-state index in [1.165, 1.54) is 12.1 Å². The van der Waals surface area contributed by atoms with Crippen LogP contribution in [0.3, 0.4) is 0 Å². The molecule has 1 saturated heterocycles. The molecule has 1 aromatic heterocycles. The number of carboxylic acids is 1. The van der Waals surface area contributed by atoms with Crippen LogP contribution >= 0.6 is 23.2 Å². The summed E-state index contributed by atoms with van der Waals surface area (Å²) in [4.78, 5) is 17.9. The zero-order valence-electron chi connectivity index (χ0n) is 17.1. The Morgan fingerprint density at radius 3 is 2.58 bits per heavy atom. The maximum Gasteiger partial charge on any atom is 0.338 e. The molecule has 8 heteroatoms. The summed E-state index contributed by atoms with van der Waals surface area (Å²) in [6.07, 6.45) is 6.37. The van der Waals surface area contributed by atoms with Crippen molar-refractivity contribution in [2.45, 2.75) is 38.0 Å². The van der Waals surface area contributed by atoms with E-state index in [-0.39, 0.29) is 11.5 Å². The summed E-state index contributed by atoms with van der Waals surface area (Å²) < 4.78 is 20.2. The van der Waals surface area contributed by atoms with E-state index in [0.29, 0.717) is 28.3 Å². The molecule has 2 fully saturated rings. The second kappa shape index (κ2) is 9.72. The number of rotatable bonds is 8. The molecular formula is C23H25Cl2FN2O3. The third-order valence-corrected chi connectivity index (χ3v) is 6.61. The molecule has 0 unspecified atom stereocenters. The minimum Gasteiger partial charge on any atom is -0.493 e. The zero-order chi connectivity index (χ0) is 22.0. The van der Waals surface area contributed by atoms with Crippen LogP contribution in [-0.4, -0.2) is 47.2 Å². The normalized spacial score (nSPS) is 17.6. The van der Waals surface area contributed by atoms with Gasteiger partial charge in [-0.1, -0.05) is 23.2 Å². The number of hydrogen-bond donors (Lipinski definition) is 1. The highest BCUT2D eigenvalue weighted by Crippen LogP contribution is 2.45. The van der Waals surface area contributed by atoms with Crippen LogP contribution in [0.4, 0.5) is 4.39 Å². The largest absolute Gasteiger partial charge is 0.493 e. The molecule has 0 atom stereocenters. The van der Waals surface area contributed by atoms with Gasteiger partial charge in [-0.3, -0.25) is 4.98 Å². The SMILES string of the molecule is O=C(O)c1cc(C2CC2)c(OCC2CCN(CCc3ncc(Cl)cc3Cl)CC2)cc1F. The van der Waals surface area contributed by atoms with Gasteiger partial charge in [0.1, 0.15) is 11.6 Å². The molecule has 0 spiro atoms. The van der Waals surface area contributed by atoms with Crippen LogP contribution in [0.25, 0.3) is 0 Å². The average molecular weight is 467 g/mol. The number of piperidine rings is 1. The van der Waals surface area contributed by atoms with Gasteiger partial charge in [-0.25, -0.2) is 9.18 Å². The predicted molar refractivity (Wildman–Crippen MR) is 118 cm³/mol. The molecule has 166 valence electrons. The highest BCUT2D eigenvalue weighted by atomic mass is 35.5. The van der Waals surface area contributed by atoms with E-state index in [0.717, 1.165) is 63.0 Å². The van der Waals surface area contributed by atoms with Crippen LogP contribution in [0.5, 0.6) is 5.75 Å². The number of hydrogen-bond acceptors (Lipinski definition) is 4. The first-order valence-electron chi connectivity index (χ1n) is 10.6. The maximum absolute atomic E-state index is 14.2. The number of aromatic nitrogens is 1. The standard InChI is InChI=1S/C23H25Cl2FN2O3/c24-16-9-19(25)21(27-12-16)5-8-28-6-3-14(4-7-28)13-31-22-11-20(26)18(23(29)30)10-17(22)15-1-2-15/h9-12,14-15H,1-8,13H2,(H,29,30). The Balaban J connectivity index is 1.28. The van der Waals surface area contributed by atoms with E-state index in [2.05, 4.69) is 9.88 Å². The molecule has 2 aliphatic rings. The lowest BCUT2D eigenvalue weighted by Gasteiger charge is -2.32. The van der Waals surface area contributed by atoms with Gasteiger partial charge in [0.05, 0.1) is 27.9 Å². The van der Waals surface area contributed by atoms with Gasteiger partial charge in [0.15, 0.2) is 0 Å². The van der Waals surface area contributed by atoms with E-state index >= 15 is 0 Å². The zero-order valence-corrected chi connectivity index (χ0v) is 18.6. The predicted octanol–water partition coefficient (Wildman–Crippen LogP) is 5.44. The quantitative estimate of drug-likeness (QED) is 0.561. The van der Waals surface area contributed by atoms with Crippen molar-refractivity contribution in [1.29, 1.82) is 0 Å². The molecule has 1 saturated carbocycles. The monoisotopic (exact) mass is 466 g/mol. The Labute approximate surface area is 191 Å². The molecule has 5 nitrogen and oxygen atoms in total. The van der Waals surface area contributed by atoms with Gasteiger partial charge in [-0.05, 0) is 68.3 Å². The van der Waals surface area contributed by atoms with Gasteiger partial charge < -0.3 is 14.7 Å². The van der Waals surface area contributed by atoms with Gasteiger partial charge in [0.25, 0.3) is 0 Å². The van der Waals surface area contributed by atoms with Crippen LogP contribution in [0.1, 0.15) is 53.2 Å². The fourth-order valence-electron chi connectivity index (χ4n) is 4.05. The Kier molecular flexibility index (Phi) is 6.99. The van der Waals surface area contributed by atoms with Crippen LogP contribution in [0, 0.1) is 11.7 Å². The molecule has 1 aliphatic carbocycles. The van der Waals surface area contributed by atoms with E-state index in [4.69, 9.17) is 27.9 Å². The molecule has 1 aromatic carbocycles. The smallest absolute Gasteiger partial charge is 0.338 e. The number of benzene rings is 1. The van der Waals surface area contributed by atoms with Crippen molar-refractivity contribution in [3.8, 4) is 5.75 Å². The second-order valence-electron chi connectivity index (χ2n) is 8.38. The molecule has 1 N–H and O–H groups in total. The van der Waals surface area contributed by atoms with Crippen molar-refractivity contribution in [3.63, 3.8) is 0 Å². The van der Waals surface area contributed by atoms with Crippen LogP contribution in [0.2, 0.25) is 10.0 Å². The Morgan fingerprint density at radius 1 is 1.19 bits per heavy atom. The van der Waals surface area contributed by atoms with Gasteiger partial charge in [-0.15, -0.1) is 0 Å². The molecule has 31 heavy (non-hydrogen) atoms. The van der Waals surface area contributed by atoms with E-state index < -0.39 is 11.8 Å². The van der Waals surface area contributed by atoms with Crippen LogP contribution < -0.4 is 4.74 Å². The average Bonchev–Trinajstić information content (AvgIpc) is 3.57.